The molecule has 0 N–H and O–H groups in total. The quantitative estimate of drug-likeness (QED) is 0.560. The van der Waals surface area contributed by atoms with Crippen molar-refractivity contribution in [3.8, 4) is 0 Å². The van der Waals surface area contributed by atoms with Gasteiger partial charge in [0.15, 0.2) is 0 Å². The van der Waals surface area contributed by atoms with Crippen LogP contribution in [0, 0.1) is 5.41 Å². The summed E-state index contributed by atoms with van der Waals surface area (Å²) in [6, 6.07) is 0. The fraction of sp³-hybridized carbons (Fsp3) is 0.647. The standard InChI is InChI=1S/C17H28/c1-6-14(7-2)15-10-12-16(13-11-15)17(5,8-3)9-4/h6,10,12H,7-9,11,13H2,1-5H3. The van der Waals surface area contributed by atoms with Crippen LogP contribution in [0.5, 0.6) is 0 Å². The first kappa shape index (κ1) is 14.3. The molecule has 0 amide bonds. The fourth-order valence-electron chi connectivity index (χ4n) is 2.73. The fourth-order valence-corrected chi connectivity index (χ4v) is 2.73. The van der Waals surface area contributed by atoms with Crippen molar-refractivity contribution in [1.29, 1.82) is 0 Å². The highest BCUT2D eigenvalue weighted by molar-refractivity contribution is 5.39. The van der Waals surface area contributed by atoms with E-state index in [0.29, 0.717) is 5.41 Å². The van der Waals surface area contributed by atoms with Crippen molar-refractivity contribution in [3.05, 3.63) is 34.9 Å². The van der Waals surface area contributed by atoms with E-state index in [9.17, 15) is 0 Å². The molecule has 0 atom stereocenters. The zero-order valence-electron chi connectivity index (χ0n) is 12.3. The summed E-state index contributed by atoms with van der Waals surface area (Å²) in [6.45, 7) is 11.4. The lowest BCUT2D eigenvalue weighted by molar-refractivity contribution is 0.354. The summed E-state index contributed by atoms with van der Waals surface area (Å²) in [5, 5.41) is 0. The third-order valence-electron chi connectivity index (χ3n) is 4.63. The minimum atomic E-state index is 0.421. The van der Waals surface area contributed by atoms with E-state index in [-0.39, 0.29) is 0 Å². The molecule has 0 saturated carbocycles. The Labute approximate surface area is 108 Å². The summed E-state index contributed by atoms with van der Waals surface area (Å²) in [6.07, 6.45) is 13.2. The summed E-state index contributed by atoms with van der Waals surface area (Å²) in [4.78, 5) is 0. The Balaban J connectivity index is 2.91. The van der Waals surface area contributed by atoms with E-state index in [1.54, 1.807) is 11.1 Å². The van der Waals surface area contributed by atoms with Crippen LogP contribution >= 0.6 is 0 Å². The van der Waals surface area contributed by atoms with Crippen LogP contribution in [0.1, 0.15) is 66.7 Å². The second kappa shape index (κ2) is 6.23. The molecule has 0 aromatic heterocycles. The van der Waals surface area contributed by atoms with Gasteiger partial charge in [-0.1, -0.05) is 51.5 Å². The topological polar surface area (TPSA) is 0 Å². The first-order valence-corrected chi connectivity index (χ1v) is 7.17. The molecule has 96 valence electrons. The Bertz CT molecular complexity index is 335. The molecule has 17 heavy (non-hydrogen) atoms. The van der Waals surface area contributed by atoms with Gasteiger partial charge in [0, 0.05) is 0 Å². The molecule has 0 nitrogen and oxygen atoms in total. The van der Waals surface area contributed by atoms with E-state index < -0.39 is 0 Å². The van der Waals surface area contributed by atoms with Crippen LogP contribution in [0.4, 0.5) is 0 Å². The average Bonchev–Trinajstić information content (AvgIpc) is 2.40. The molecule has 0 fully saturated rings. The van der Waals surface area contributed by atoms with Crippen molar-refractivity contribution in [1.82, 2.24) is 0 Å². The van der Waals surface area contributed by atoms with Gasteiger partial charge in [-0.25, -0.2) is 0 Å². The minimum absolute atomic E-state index is 0.421. The molecule has 0 aliphatic heterocycles. The second-order valence-corrected chi connectivity index (χ2v) is 5.32. The molecule has 0 unspecified atom stereocenters. The zero-order chi connectivity index (χ0) is 12.9. The van der Waals surface area contributed by atoms with E-state index in [4.69, 9.17) is 0 Å². The largest absolute Gasteiger partial charge is 0.0842 e. The van der Waals surface area contributed by atoms with E-state index in [0.717, 1.165) is 6.42 Å². The van der Waals surface area contributed by atoms with E-state index in [2.05, 4.69) is 52.8 Å². The van der Waals surface area contributed by atoms with Crippen molar-refractivity contribution < 1.29 is 0 Å². The number of rotatable bonds is 5. The van der Waals surface area contributed by atoms with Gasteiger partial charge in [0.25, 0.3) is 0 Å². The minimum Gasteiger partial charge on any atom is -0.0842 e. The molecular formula is C17H28. The lowest BCUT2D eigenvalue weighted by Crippen LogP contribution is -2.18. The van der Waals surface area contributed by atoms with Crippen molar-refractivity contribution in [2.45, 2.75) is 66.7 Å². The van der Waals surface area contributed by atoms with E-state index in [1.165, 1.54) is 31.3 Å². The van der Waals surface area contributed by atoms with Crippen LogP contribution < -0.4 is 0 Å². The molecular weight excluding hydrogens is 204 g/mol. The molecule has 0 aromatic carbocycles. The lowest BCUT2D eigenvalue weighted by atomic mass is 9.73. The second-order valence-electron chi connectivity index (χ2n) is 5.32. The number of hydrogen-bond acceptors (Lipinski definition) is 0. The smallest absolute Gasteiger partial charge is 0.0118 e. The molecule has 1 rings (SSSR count). The van der Waals surface area contributed by atoms with Gasteiger partial charge in [-0.15, -0.1) is 0 Å². The Kier molecular flexibility index (Phi) is 5.24. The highest BCUT2D eigenvalue weighted by Crippen LogP contribution is 2.40. The van der Waals surface area contributed by atoms with Gasteiger partial charge in [0.1, 0.15) is 0 Å². The summed E-state index contributed by atoms with van der Waals surface area (Å²) in [5.74, 6) is 0. The maximum absolute atomic E-state index is 2.41. The van der Waals surface area contributed by atoms with E-state index >= 15 is 0 Å². The van der Waals surface area contributed by atoms with Gasteiger partial charge < -0.3 is 0 Å². The Morgan fingerprint density at radius 2 is 1.82 bits per heavy atom. The molecule has 0 saturated heterocycles. The molecule has 1 aliphatic carbocycles. The van der Waals surface area contributed by atoms with Crippen LogP contribution in [0.3, 0.4) is 0 Å². The molecule has 0 heterocycles. The summed E-state index contributed by atoms with van der Waals surface area (Å²) in [5.41, 5.74) is 5.14. The summed E-state index contributed by atoms with van der Waals surface area (Å²) < 4.78 is 0. The lowest BCUT2D eigenvalue weighted by Gasteiger charge is -2.32. The van der Waals surface area contributed by atoms with Gasteiger partial charge in [-0.3, -0.25) is 0 Å². The highest BCUT2D eigenvalue weighted by Gasteiger charge is 2.25. The Morgan fingerprint density at radius 1 is 1.18 bits per heavy atom. The summed E-state index contributed by atoms with van der Waals surface area (Å²) >= 11 is 0. The van der Waals surface area contributed by atoms with Crippen molar-refractivity contribution in [2.75, 3.05) is 0 Å². The first-order valence-electron chi connectivity index (χ1n) is 7.17. The zero-order valence-corrected chi connectivity index (χ0v) is 12.3. The predicted molar refractivity (Wildman–Crippen MR) is 78.1 cm³/mol. The molecule has 0 radical (unpaired) electrons. The maximum Gasteiger partial charge on any atom is -0.0118 e. The van der Waals surface area contributed by atoms with Gasteiger partial charge in [0.2, 0.25) is 0 Å². The SMILES string of the molecule is CC=C(CC)C1=CC=C(C(C)(CC)CC)CC1. The Hall–Kier alpha value is -0.780. The predicted octanol–water partition coefficient (Wildman–Crippen LogP) is 5.82. The third kappa shape index (κ3) is 3.12. The number of allylic oxidation sites excluding steroid dienone is 6. The monoisotopic (exact) mass is 232 g/mol. The summed E-state index contributed by atoms with van der Waals surface area (Å²) in [7, 11) is 0. The van der Waals surface area contributed by atoms with Crippen molar-refractivity contribution in [2.24, 2.45) is 5.41 Å². The molecule has 0 spiro atoms. The van der Waals surface area contributed by atoms with Crippen LogP contribution in [0.15, 0.2) is 34.9 Å². The molecule has 0 heteroatoms. The van der Waals surface area contributed by atoms with E-state index in [1.807, 2.05) is 0 Å². The Morgan fingerprint density at radius 3 is 2.18 bits per heavy atom. The number of hydrogen-bond donors (Lipinski definition) is 0. The van der Waals surface area contributed by atoms with Crippen LogP contribution in [-0.2, 0) is 0 Å². The van der Waals surface area contributed by atoms with Gasteiger partial charge in [0.05, 0.1) is 0 Å². The molecule has 1 aliphatic rings. The van der Waals surface area contributed by atoms with Crippen LogP contribution in [-0.4, -0.2) is 0 Å². The first-order chi connectivity index (χ1) is 8.11. The molecule has 0 bridgehead atoms. The van der Waals surface area contributed by atoms with Crippen molar-refractivity contribution >= 4 is 0 Å². The average molecular weight is 232 g/mol. The molecule has 0 aromatic rings. The van der Waals surface area contributed by atoms with Crippen LogP contribution in [0.2, 0.25) is 0 Å². The highest BCUT2D eigenvalue weighted by atomic mass is 14.3. The van der Waals surface area contributed by atoms with Crippen LogP contribution in [0.25, 0.3) is 0 Å². The maximum atomic E-state index is 2.41. The normalized spacial score (nSPS) is 17.8. The van der Waals surface area contributed by atoms with Gasteiger partial charge >= 0.3 is 0 Å². The van der Waals surface area contributed by atoms with Gasteiger partial charge in [-0.05, 0) is 55.6 Å². The third-order valence-corrected chi connectivity index (χ3v) is 4.63. The van der Waals surface area contributed by atoms with Crippen molar-refractivity contribution in [3.63, 3.8) is 0 Å². The van der Waals surface area contributed by atoms with Gasteiger partial charge in [-0.2, -0.15) is 0 Å².